The number of fused-ring (bicyclic) bond motifs is 1. The average Bonchev–Trinajstić information content (AvgIpc) is 3.45. The number of rotatable bonds is 5. The van der Waals surface area contributed by atoms with Gasteiger partial charge in [0, 0.05) is 17.6 Å². The summed E-state index contributed by atoms with van der Waals surface area (Å²) >= 11 is 3.13. The number of ether oxygens (including phenoxy) is 1. The van der Waals surface area contributed by atoms with Crippen LogP contribution in [0.25, 0.3) is 21.3 Å². The first kappa shape index (κ1) is 17.7. The Labute approximate surface area is 170 Å². The van der Waals surface area contributed by atoms with E-state index < -0.39 is 0 Å². The number of aryl methyl sites for hydroxylation is 1. The van der Waals surface area contributed by atoms with Crippen LogP contribution in [0.1, 0.15) is 18.7 Å². The third-order valence-electron chi connectivity index (χ3n) is 4.68. The molecule has 0 bridgehead atoms. The monoisotopic (exact) mass is 410 g/mol. The maximum atomic E-state index is 5.74. The lowest BCUT2D eigenvalue weighted by Crippen LogP contribution is -2.16. The first-order valence-electron chi connectivity index (χ1n) is 9.15. The van der Waals surface area contributed by atoms with Gasteiger partial charge in [-0.3, -0.25) is 0 Å². The molecular weight excluding hydrogens is 392 g/mol. The highest BCUT2D eigenvalue weighted by Gasteiger charge is 2.21. The molecule has 1 aliphatic heterocycles. The molecule has 3 aromatic heterocycles. The Morgan fingerprint density at radius 2 is 2.14 bits per heavy atom. The van der Waals surface area contributed by atoms with Gasteiger partial charge in [-0.15, -0.1) is 16.4 Å². The third kappa shape index (κ3) is 3.41. The molecule has 0 radical (unpaired) electrons. The Morgan fingerprint density at radius 3 is 2.96 bits per heavy atom. The van der Waals surface area contributed by atoms with Crippen LogP contribution < -0.4 is 0 Å². The molecule has 0 aliphatic carbocycles. The predicted molar refractivity (Wildman–Crippen MR) is 109 cm³/mol. The Bertz CT molecular complexity index is 1100. The summed E-state index contributed by atoms with van der Waals surface area (Å²) in [6.45, 7) is 3.40. The number of benzene rings is 1. The number of tetrazole rings is 1. The van der Waals surface area contributed by atoms with Crippen LogP contribution in [0.15, 0.2) is 45.9 Å². The Kier molecular flexibility index (Phi) is 4.79. The normalized spacial score (nSPS) is 16.8. The Morgan fingerprint density at radius 1 is 1.25 bits per heavy atom. The van der Waals surface area contributed by atoms with Crippen molar-refractivity contribution in [2.24, 2.45) is 0 Å². The van der Waals surface area contributed by atoms with Crippen molar-refractivity contribution in [3.05, 3.63) is 41.5 Å². The summed E-state index contributed by atoms with van der Waals surface area (Å²) in [7, 11) is 0. The van der Waals surface area contributed by atoms with E-state index in [9.17, 15) is 0 Å². The van der Waals surface area contributed by atoms with Crippen LogP contribution in [0.5, 0.6) is 0 Å². The van der Waals surface area contributed by atoms with Crippen molar-refractivity contribution in [1.29, 1.82) is 0 Å². The summed E-state index contributed by atoms with van der Waals surface area (Å²) in [6, 6.07) is 10.3. The Hall–Kier alpha value is -2.36. The van der Waals surface area contributed by atoms with Crippen molar-refractivity contribution in [1.82, 2.24) is 30.2 Å². The van der Waals surface area contributed by atoms with Crippen molar-refractivity contribution < 1.29 is 4.74 Å². The quantitative estimate of drug-likeness (QED) is 0.460. The number of hydrogen-bond donors (Lipinski definition) is 0. The topological polar surface area (TPSA) is 78.6 Å². The standard InChI is InChI=1S/C19H18N6OS2/c1-12-20-17-16(15(11-27-17)13-6-3-2-4-7-13)18(21-12)28-19-22-23-24-25(19)10-14-8-5-9-26-14/h2-4,6-7,11,14H,5,8-10H2,1H3/t14-/m1/s1. The summed E-state index contributed by atoms with van der Waals surface area (Å²) in [4.78, 5) is 10.3. The number of nitrogens with zero attached hydrogens (tertiary/aromatic N) is 6. The summed E-state index contributed by atoms with van der Waals surface area (Å²) < 4.78 is 7.55. The molecule has 1 saturated heterocycles. The molecule has 0 N–H and O–H groups in total. The summed E-state index contributed by atoms with van der Waals surface area (Å²) in [5.74, 6) is 0.745. The smallest absolute Gasteiger partial charge is 0.215 e. The van der Waals surface area contributed by atoms with Crippen molar-refractivity contribution in [2.45, 2.75) is 42.6 Å². The average molecular weight is 411 g/mol. The lowest BCUT2D eigenvalue weighted by molar-refractivity contribution is 0.0912. The van der Waals surface area contributed by atoms with Crippen LogP contribution in [0.3, 0.4) is 0 Å². The minimum atomic E-state index is 0.177. The lowest BCUT2D eigenvalue weighted by Gasteiger charge is -2.10. The molecule has 1 aliphatic rings. The van der Waals surface area contributed by atoms with Crippen molar-refractivity contribution in [3.8, 4) is 11.1 Å². The molecule has 0 amide bonds. The summed E-state index contributed by atoms with van der Waals surface area (Å²) in [5.41, 5.74) is 2.29. The fraction of sp³-hybridized carbons (Fsp3) is 0.316. The minimum Gasteiger partial charge on any atom is -0.376 e. The van der Waals surface area contributed by atoms with Crippen LogP contribution in [-0.4, -0.2) is 42.9 Å². The van der Waals surface area contributed by atoms with E-state index in [1.54, 1.807) is 11.3 Å². The molecule has 0 spiro atoms. The molecule has 0 unspecified atom stereocenters. The highest BCUT2D eigenvalue weighted by molar-refractivity contribution is 7.99. The van der Waals surface area contributed by atoms with E-state index in [0.29, 0.717) is 6.54 Å². The second-order valence-corrected chi connectivity index (χ2v) is 8.47. The maximum Gasteiger partial charge on any atom is 0.215 e. The predicted octanol–water partition coefficient (Wildman–Crippen LogP) is 3.98. The minimum absolute atomic E-state index is 0.177. The zero-order valence-corrected chi connectivity index (χ0v) is 16.9. The molecule has 28 heavy (non-hydrogen) atoms. The fourth-order valence-electron chi connectivity index (χ4n) is 3.37. The van der Waals surface area contributed by atoms with E-state index >= 15 is 0 Å². The van der Waals surface area contributed by atoms with Gasteiger partial charge in [0.05, 0.1) is 18.0 Å². The fourth-order valence-corrected chi connectivity index (χ4v) is 5.38. The SMILES string of the molecule is Cc1nc(Sc2nnnn2C[C@H]2CCCO2)c2c(-c3ccccc3)csc2n1. The van der Waals surface area contributed by atoms with Crippen LogP contribution >= 0.6 is 23.1 Å². The second-order valence-electron chi connectivity index (χ2n) is 6.65. The van der Waals surface area contributed by atoms with Gasteiger partial charge in [0.15, 0.2) is 0 Å². The Balaban J connectivity index is 1.54. The molecule has 1 fully saturated rings. The van der Waals surface area contributed by atoms with Gasteiger partial charge in [0.2, 0.25) is 5.16 Å². The molecule has 5 rings (SSSR count). The second kappa shape index (κ2) is 7.57. The summed E-state index contributed by atoms with van der Waals surface area (Å²) in [5, 5.41) is 17.1. The number of hydrogen-bond acceptors (Lipinski definition) is 8. The van der Waals surface area contributed by atoms with Crippen LogP contribution in [-0.2, 0) is 11.3 Å². The molecule has 7 nitrogen and oxygen atoms in total. The van der Waals surface area contributed by atoms with Gasteiger partial charge in [-0.1, -0.05) is 30.3 Å². The van der Waals surface area contributed by atoms with Gasteiger partial charge < -0.3 is 4.74 Å². The van der Waals surface area contributed by atoms with Crippen molar-refractivity contribution in [3.63, 3.8) is 0 Å². The summed E-state index contributed by atoms with van der Waals surface area (Å²) in [6.07, 6.45) is 2.32. The zero-order valence-electron chi connectivity index (χ0n) is 15.3. The van der Waals surface area contributed by atoms with E-state index in [1.807, 2.05) is 29.8 Å². The largest absolute Gasteiger partial charge is 0.376 e. The molecule has 1 atom stereocenters. The first-order chi connectivity index (χ1) is 13.8. The van der Waals surface area contributed by atoms with E-state index in [1.165, 1.54) is 11.8 Å². The molecule has 4 aromatic rings. The van der Waals surface area contributed by atoms with Crippen molar-refractivity contribution in [2.75, 3.05) is 6.61 Å². The molecule has 0 saturated carbocycles. The molecule has 142 valence electrons. The van der Waals surface area contributed by atoms with Crippen LogP contribution in [0.4, 0.5) is 0 Å². The van der Waals surface area contributed by atoms with Gasteiger partial charge in [-0.2, -0.15) is 0 Å². The van der Waals surface area contributed by atoms with E-state index in [0.717, 1.165) is 56.8 Å². The van der Waals surface area contributed by atoms with E-state index in [4.69, 9.17) is 9.72 Å². The van der Waals surface area contributed by atoms with Crippen LogP contribution in [0, 0.1) is 6.92 Å². The van der Waals surface area contributed by atoms with Gasteiger partial charge in [0.25, 0.3) is 0 Å². The first-order valence-corrected chi connectivity index (χ1v) is 10.8. The van der Waals surface area contributed by atoms with Gasteiger partial charge >= 0.3 is 0 Å². The highest BCUT2D eigenvalue weighted by Crippen LogP contribution is 2.40. The number of aromatic nitrogens is 6. The molecule has 1 aromatic carbocycles. The van der Waals surface area contributed by atoms with Gasteiger partial charge in [-0.05, 0) is 47.5 Å². The van der Waals surface area contributed by atoms with Crippen LogP contribution in [0.2, 0.25) is 0 Å². The molecule has 9 heteroatoms. The third-order valence-corrected chi connectivity index (χ3v) is 6.52. The van der Waals surface area contributed by atoms with Gasteiger partial charge in [-0.25, -0.2) is 14.6 Å². The van der Waals surface area contributed by atoms with Crippen molar-refractivity contribution >= 4 is 33.3 Å². The molecular formula is C19H18N6OS2. The maximum absolute atomic E-state index is 5.74. The highest BCUT2D eigenvalue weighted by atomic mass is 32.2. The zero-order chi connectivity index (χ0) is 18.9. The number of thiophene rings is 1. The van der Waals surface area contributed by atoms with Gasteiger partial charge in [0.1, 0.15) is 15.7 Å². The van der Waals surface area contributed by atoms with E-state index in [-0.39, 0.29) is 6.10 Å². The van der Waals surface area contributed by atoms with E-state index in [2.05, 4.69) is 38.0 Å². The molecule has 4 heterocycles. The lowest BCUT2D eigenvalue weighted by atomic mass is 10.1.